The Balaban J connectivity index is 0.00000272. The van der Waals surface area contributed by atoms with Crippen LogP contribution in [0.25, 0.3) is 0 Å². The summed E-state index contributed by atoms with van der Waals surface area (Å²) in [4.78, 5) is 0. The van der Waals surface area contributed by atoms with E-state index in [0.717, 1.165) is 22.3 Å². The van der Waals surface area contributed by atoms with Crippen molar-refractivity contribution in [1.82, 2.24) is 0 Å². The molecule has 4 rings (SSSR count). The Labute approximate surface area is 200 Å². The number of nitrogens with zero attached hydrogens (tertiary/aromatic N) is 1. The summed E-state index contributed by atoms with van der Waals surface area (Å²) in [6.45, 7) is 6.36. The number of rotatable bonds is 2. The maximum Gasteiger partial charge on any atom is 0.562 e. The Kier molecular flexibility index (Phi) is 6.31. The van der Waals surface area contributed by atoms with Crippen molar-refractivity contribution in [2.75, 3.05) is 14.1 Å². The molecule has 0 radical (unpaired) electrons. The van der Waals surface area contributed by atoms with Crippen LogP contribution in [0.3, 0.4) is 0 Å². The fraction of sp³-hybridized carbons (Fsp3) is 0.360. The Hall–Kier alpha value is -1.53. The van der Waals surface area contributed by atoms with Crippen LogP contribution >= 0.6 is 0 Å². The van der Waals surface area contributed by atoms with E-state index in [4.69, 9.17) is 0 Å². The molecule has 0 aromatic rings. The SMILES string of the molecule is CC(C)(C)[N+](C)(C)[Si](=O)C1C=CC=C2C=CC3=C(C=CC(=C(F)F)C3)C3=CC=CC231.[Ti]. The third-order valence-electron chi connectivity index (χ3n) is 7.28. The minimum absolute atomic E-state index is 0. The first-order valence-electron chi connectivity index (χ1n) is 10.3. The van der Waals surface area contributed by atoms with Gasteiger partial charge in [-0.05, 0) is 43.1 Å². The van der Waals surface area contributed by atoms with Crippen molar-refractivity contribution in [3.05, 3.63) is 94.7 Å². The van der Waals surface area contributed by atoms with Gasteiger partial charge in [-0.1, -0.05) is 60.8 Å². The van der Waals surface area contributed by atoms with Gasteiger partial charge in [0.2, 0.25) is 0 Å². The molecule has 0 saturated carbocycles. The average molecular weight is 472 g/mol. The first kappa shape index (κ1) is 24.1. The summed E-state index contributed by atoms with van der Waals surface area (Å²) in [5.41, 5.74) is 3.14. The van der Waals surface area contributed by atoms with E-state index in [9.17, 15) is 13.2 Å². The molecule has 0 saturated heterocycles. The fourth-order valence-corrected chi connectivity index (χ4v) is 7.07. The first-order chi connectivity index (χ1) is 14.0. The van der Waals surface area contributed by atoms with E-state index in [2.05, 4.69) is 45.1 Å². The van der Waals surface area contributed by atoms with Crippen molar-refractivity contribution in [3.63, 3.8) is 0 Å². The molecule has 2 nitrogen and oxygen atoms in total. The number of hydrogen-bond donors (Lipinski definition) is 0. The molecule has 0 amide bonds. The number of allylic oxidation sites excluding steroid dienone is 15. The van der Waals surface area contributed by atoms with E-state index in [1.54, 1.807) is 6.08 Å². The smallest absolute Gasteiger partial charge is 0.328 e. The van der Waals surface area contributed by atoms with Gasteiger partial charge in [0.05, 0.1) is 30.6 Å². The molecule has 1 spiro atoms. The third-order valence-corrected chi connectivity index (χ3v) is 10.2. The summed E-state index contributed by atoms with van der Waals surface area (Å²) in [5.74, 6) is 0. The summed E-state index contributed by atoms with van der Waals surface area (Å²) in [5, 5.41) is 0. The van der Waals surface area contributed by atoms with Crippen LogP contribution in [0.15, 0.2) is 94.7 Å². The quantitative estimate of drug-likeness (QED) is 0.444. The van der Waals surface area contributed by atoms with Gasteiger partial charge in [0.25, 0.3) is 6.08 Å². The summed E-state index contributed by atoms with van der Waals surface area (Å²) >= 11 is 0. The summed E-state index contributed by atoms with van der Waals surface area (Å²) < 4.78 is 41.0. The Morgan fingerprint density at radius 2 is 1.81 bits per heavy atom. The first-order valence-corrected chi connectivity index (χ1v) is 11.7. The second-order valence-electron chi connectivity index (χ2n) is 9.82. The van der Waals surface area contributed by atoms with E-state index in [0.29, 0.717) is 4.15 Å². The molecule has 0 fully saturated rings. The molecule has 160 valence electrons. The minimum Gasteiger partial charge on any atom is -0.328 e. The molecule has 0 aromatic heterocycles. The van der Waals surface area contributed by atoms with E-state index in [1.165, 1.54) is 6.08 Å². The van der Waals surface area contributed by atoms with Crippen LogP contribution in [0.5, 0.6) is 0 Å². The van der Waals surface area contributed by atoms with Gasteiger partial charge in [0, 0.05) is 33.7 Å². The monoisotopic (exact) mass is 472 g/mol. The molecule has 0 heterocycles. The van der Waals surface area contributed by atoms with Gasteiger partial charge < -0.3 is 8.61 Å². The van der Waals surface area contributed by atoms with Crippen LogP contribution in [-0.4, -0.2) is 32.6 Å². The van der Waals surface area contributed by atoms with Crippen LogP contribution in [-0.2, 0) is 26.2 Å². The summed E-state index contributed by atoms with van der Waals surface area (Å²) in [6.07, 6.45) is 18.3. The average Bonchev–Trinajstić information content (AvgIpc) is 3.04. The number of hydrogen-bond acceptors (Lipinski definition) is 1. The predicted molar refractivity (Wildman–Crippen MR) is 118 cm³/mol. The molecule has 0 N–H and O–H groups in total. The summed E-state index contributed by atoms with van der Waals surface area (Å²) in [7, 11) is 1.92. The molecule has 2 atom stereocenters. The molecule has 0 aromatic carbocycles. The second-order valence-corrected chi connectivity index (χ2v) is 12.2. The van der Waals surface area contributed by atoms with E-state index in [1.807, 2.05) is 38.4 Å². The Bertz CT molecular complexity index is 1080. The number of halogens is 2. The molecule has 4 aliphatic rings. The molecular weight excluding hydrogens is 444 g/mol. The van der Waals surface area contributed by atoms with Crippen molar-refractivity contribution in [1.29, 1.82) is 0 Å². The maximum absolute atomic E-state index is 14.1. The van der Waals surface area contributed by atoms with Crippen molar-refractivity contribution >= 4 is 8.84 Å². The number of quaternary nitrogens is 1. The standard InChI is InChI=1S/C25H28F2NOSi.Ti/c1-24(2,3)28(4,5)30(29)22-10-6-8-19-13-11-17-16-18(23(26)27)12-14-20(17)21-9-7-15-25(19,21)22;/h6-15,22H,16H2,1-5H3;/q+1;. The Morgan fingerprint density at radius 3 is 2.45 bits per heavy atom. The molecule has 6 heteroatoms. The molecule has 2 unspecified atom stereocenters. The zero-order chi connectivity index (χ0) is 21.9. The second kappa shape index (κ2) is 8.11. The van der Waals surface area contributed by atoms with Crippen LogP contribution < -0.4 is 0 Å². The van der Waals surface area contributed by atoms with Gasteiger partial charge in [-0.2, -0.15) is 8.78 Å². The van der Waals surface area contributed by atoms with E-state index < -0.39 is 20.3 Å². The fourth-order valence-electron chi connectivity index (χ4n) is 4.63. The van der Waals surface area contributed by atoms with Gasteiger partial charge in [-0.15, -0.1) is 0 Å². The molecule has 4 aliphatic carbocycles. The normalized spacial score (nSPS) is 26.4. The van der Waals surface area contributed by atoms with Crippen LogP contribution in [0.4, 0.5) is 8.78 Å². The van der Waals surface area contributed by atoms with E-state index >= 15 is 0 Å². The van der Waals surface area contributed by atoms with Crippen molar-refractivity contribution < 1.29 is 39.1 Å². The van der Waals surface area contributed by atoms with Crippen LogP contribution in [0, 0.1) is 5.41 Å². The van der Waals surface area contributed by atoms with Gasteiger partial charge in [0.15, 0.2) is 0 Å². The predicted octanol–water partition coefficient (Wildman–Crippen LogP) is 6.10. The van der Waals surface area contributed by atoms with Gasteiger partial charge in [-0.25, -0.2) is 0 Å². The molecular formula is C25H28F2NOSiTi+. The van der Waals surface area contributed by atoms with Crippen molar-refractivity contribution in [3.8, 4) is 0 Å². The van der Waals surface area contributed by atoms with Gasteiger partial charge in [0.1, 0.15) is 0 Å². The summed E-state index contributed by atoms with van der Waals surface area (Å²) in [6, 6.07) is 0. The van der Waals surface area contributed by atoms with Crippen molar-refractivity contribution in [2.45, 2.75) is 38.3 Å². The topological polar surface area (TPSA) is 17.1 Å². The van der Waals surface area contributed by atoms with Gasteiger partial charge >= 0.3 is 8.84 Å². The van der Waals surface area contributed by atoms with Crippen molar-refractivity contribution in [2.24, 2.45) is 5.41 Å². The van der Waals surface area contributed by atoms with Crippen LogP contribution in [0.2, 0.25) is 5.54 Å². The largest absolute Gasteiger partial charge is 0.562 e. The third kappa shape index (κ3) is 3.60. The van der Waals surface area contributed by atoms with Crippen LogP contribution in [0.1, 0.15) is 27.2 Å². The molecule has 31 heavy (non-hydrogen) atoms. The van der Waals surface area contributed by atoms with E-state index in [-0.39, 0.29) is 44.8 Å². The zero-order valence-electron chi connectivity index (χ0n) is 18.7. The number of fused-ring (bicyclic) bond motifs is 1. The Morgan fingerprint density at radius 1 is 1.10 bits per heavy atom. The maximum atomic E-state index is 14.1. The minimum atomic E-state index is -2.17. The molecule has 0 aliphatic heterocycles. The zero-order valence-corrected chi connectivity index (χ0v) is 21.2. The molecule has 0 bridgehead atoms. The van der Waals surface area contributed by atoms with Gasteiger partial charge in [-0.3, -0.25) is 0 Å².